The molecule has 0 amide bonds. The third-order valence-corrected chi connectivity index (χ3v) is 4.76. The lowest BCUT2D eigenvalue weighted by atomic mass is 9.98. The van der Waals surface area contributed by atoms with Crippen molar-refractivity contribution in [3.63, 3.8) is 0 Å². The zero-order chi connectivity index (χ0) is 15.0. The van der Waals surface area contributed by atoms with Gasteiger partial charge in [0, 0.05) is 5.56 Å². The van der Waals surface area contributed by atoms with Crippen LogP contribution in [0.2, 0.25) is 0 Å². The van der Waals surface area contributed by atoms with E-state index in [0.29, 0.717) is 17.9 Å². The van der Waals surface area contributed by atoms with Crippen molar-refractivity contribution in [1.29, 1.82) is 0 Å². The average Bonchev–Trinajstić information content (AvgIpc) is 2.62. The normalized spacial score (nSPS) is 17.9. The summed E-state index contributed by atoms with van der Waals surface area (Å²) in [5.74, 6) is -0.410. The Morgan fingerprint density at radius 2 is 2.05 bits per heavy atom. The summed E-state index contributed by atoms with van der Waals surface area (Å²) in [6.07, 6.45) is 1.63. The number of rotatable bonds is 2. The van der Waals surface area contributed by atoms with Crippen LogP contribution in [0.5, 0.6) is 5.75 Å². The van der Waals surface area contributed by atoms with E-state index in [9.17, 15) is 9.35 Å². The Balaban J connectivity index is 2.21. The topological polar surface area (TPSA) is 69.6 Å². The Hall–Kier alpha value is -1.98. The first-order valence-electron chi connectivity index (χ1n) is 6.48. The summed E-state index contributed by atoms with van der Waals surface area (Å²) in [6, 6.07) is 12.4. The molecule has 2 aromatic rings. The van der Waals surface area contributed by atoms with E-state index in [1.165, 1.54) is 6.07 Å². The van der Waals surface area contributed by atoms with Crippen LogP contribution in [0.4, 0.5) is 0 Å². The van der Waals surface area contributed by atoms with Crippen LogP contribution in [-0.4, -0.2) is 21.9 Å². The monoisotopic (exact) mass is 302 g/mol. The summed E-state index contributed by atoms with van der Waals surface area (Å²) in [5, 5.41) is 8.78. The van der Waals surface area contributed by atoms with Gasteiger partial charge in [-0.1, -0.05) is 24.3 Å². The van der Waals surface area contributed by atoms with Gasteiger partial charge < -0.3 is 14.4 Å². The molecule has 2 atom stereocenters. The molecule has 0 radical (unpaired) electrons. The maximum absolute atomic E-state index is 12.3. The minimum absolute atomic E-state index is 0.173. The average molecular weight is 302 g/mol. The number of fused-ring (bicyclic) bond motifs is 2. The van der Waals surface area contributed by atoms with Crippen LogP contribution in [-0.2, 0) is 17.8 Å². The first-order valence-corrected chi connectivity index (χ1v) is 8.10. The number of carboxylic acid groups (broad SMARTS) is 1. The molecule has 0 spiro atoms. The molecule has 21 heavy (non-hydrogen) atoms. The largest absolute Gasteiger partial charge is 0.616 e. The second-order valence-corrected chi connectivity index (χ2v) is 6.39. The fourth-order valence-corrected chi connectivity index (χ4v) is 3.75. The van der Waals surface area contributed by atoms with E-state index in [-0.39, 0.29) is 10.8 Å². The van der Waals surface area contributed by atoms with E-state index < -0.39 is 17.1 Å². The lowest BCUT2D eigenvalue weighted by Gasteiger charge is -2.20. The van der Waals surface area contributed by atoms with E-state index in [2.05, 4.69) is 0 Å². The van der Waals surface area contributed by atoms with Crippen LogP contribution in [0.15, 0.2) is 42.5 Å². The van der Waals surface area contributed by atoms with E-state index in [0.717, 1.165) is 11.1 Å². The molecule has 2 unspecified atom stereocenters. The number of carboxylic acids is 1. The number of hydrogen-bond donors (Lipinski definition) is 1. The highest BCUT2D eigenvalue weighted by Gasteiger charge is 2.32. The van der Waals surface area contributed by atoms with Crippen molar-refractivity contribution < 1.29 is 19.2 Å². The highest BCUT2D eigenvalue weighted by Crippen LogP contribution is 2.40. The van der Waals surface area contributed by atoms with Crippen LogP contribution in [0, 0.1) is 0 Å². The summed E-state index contributed by atoms with van der Waals surface area (Å²) in [4.78, 5) is 11.2. The smallest absolute Gasteiger partial charge is 0.335 e. The summed E-state index contributed by atoms with van der Waals surface area (Å²) >= 11 is -1.18. The highest BCUT2D eigenvalue weighted by molar-refractivity contribution is 7.91. The van der Waals surface area contributed by atoms with E-state index >= 15 is 0 Å². The molecular formula is C16H14O4S. The fraction of sp³-hybridized carbons (Fsp3) is 0.188. The van der Waals surface area contributed by atoms with Gasteiger partial charge in [-0.05, 0) is 34.9 Å². The zero-order valence-electron chi connectivity index (χ0n) is 11.4. The Bertz CT molecular complexity index is 696. The molecule has 0 aliphatic carbocycles. The molecule has 3 rings (SSSR count). The summed E-state index contributed by atoms with van der Waals surface area (Å²) in [6.45, 7) is 0.392. The molecule has 0 saturated carbocycles. The Kier molecular flexibility index (Phi) is 3.61. The number of ether oxygens (including phenoxy) is 1. The molecule has 2 aromatic carbocycles. The van der Waals surface area contributed by atoms with Gasteiger partial charge >= 0.3 is 5.97 Å². The molecule has 1 N–H and O–H groups in total. The van der Waals surface area contributed by atoms with Crippen molar-refractivity contribution >= 4 is 17.1 Å². The van der Waals surface area contributed by atoms with Gasteiger partial charge in [0.25, 0.3) is 0 Å². The van der Waals surface area contributed by atoms with Gasteiger partial charge in [0.1, 0.15) is 12.4 Å². The number of hydrogen-bond acceptors (Lipinski definition) is 3. The molecule has 0 bridgehead atoms. The Morgan fingerprint density at radius 1 is 1.29 bits per heavy atom. The van der Waals surface area contributed by atoms with Crippen LogP contribution >= 0.6 is 0 Å². The van der Waals surface area contributed by atoms with Crippen molar-refractivity contribution in [2.75, 3.05) is 6.26 Å². The molecule has 0 aromatic heterocycles. The predicted molar refractivity (Wildman–Crippen MR) is 80.1 cm³/mol. The minimum Gasteiger partial charge on any atom is -0.616 e. The SMILES string of the molecule is C[S+]([O-])C1c2ccccc2COc2ccc(C(=O)O)cc21. The van der Waals surface area contributed by atoms with Gasteiger partial charge in [-0.2, -0.15) is 0 Å². The zero-order valence-corrected chi connectivity index (χ0v) is 12.2. The first kappa shape index (κ1) is 14.0. The molecule has 1 aliphatic rings. The quantitative estimate of drug-likeness (QED) is 0.866. The van der Waals surface area contributed by atoms with Crippen molar-refractivity contribution in [3.8, 4) is 5.75 Å². The van der Waals surface area contributed by atoms with E-state index in [4.69, 9.17) is 9.84 Å². The highest BCUT2D eigenvalue weighted by atomic mass is 32.2. The van der Waals surface area contributed by atoms with Crippen LogP contribution in [0.1, 0.15) is 32.3 Å². The minimum atomic E-state index is -1.18. The van der Waals surface area contributed by atoms with Gasteiger partial charge in [0.05, 0.1) is 17.4 Å². The summed E-state index contributed by atoms with van der Waals surface area (Å²) in [5.41, 5.74) is 2.75. The lowest BCUT2D eigenvalue weighted by Crippen LogP contribution is -2.14. The molecule has 0 saturated heterocycles. The van der Waals surface area contributed by atoms with Crippen molar-refractivity contribution in [2.24, 2.45) is 0 Å². The number of benzene rings is 2. The van der Waals surface area contributed by atoms with Gasteiger partial charge in [0.2, 0.25) is 0 Å². The predicted octanol–water partition coefficient (Wildman–Crippen LogP) is 2.75. The molecule has 5 heteroatoms. The third kappa shape index (κ3) is 2.50. The standard InChI is InChI=1S/C16H14O4S/c1-21(19)15-12-5-3-2-4-11(12)9-20-14-7-6-10(16(17)18)8-13(14)15/h2-8,15H,9H2,1H3,(H,17,18). The molecule has 0 fully saturated rings. The second-order valence-electron chi connectivity index (χ2n) is 4.92. The number of aromatic carboxylic acids is 1. The van der Waals surface area contributed by atoms with Gasteiger partial charge in [0.15, 0.2) is 5.25 Å². The molecule has 1 heterocycles. The molecule has 4 nitrogen and oxygen atoms in total. The second kappa shape index (κ2) is 5.42. The maximum atomic E-state index is 12.3. The van der Waals surface area contributed by atoms with Gasteiger partial charge in [-0.15, -0.1) is 0 Å². The van der Waals surface area contributed by atoms with Crippen LogP contribution in [0.3, 0.4) is 0 Å². The van der Waals surface area contributed by atoms with E-state index in [1.54, 1.807) is 18.4 Å². The fourth-order valence-electron chi connectivity index (χ4n) is 2.62. The lowest BCUT2D eigenvalue weighted by molar-refractivity contribution is 0.0696. The van der Waals surface area contributed by atoms with Crippen LogP contribution < -0.4 is 4.74 Å². The third-order valence-electron chi connectivity index (χ3n) is 3.59. The molecular weight excluding hydrogens is 288 g/mol. The van der Waals surface area contributed by atoms with Crippen molar-refractivity contribution in [3.05, 3.63) is 64.7 Å². The molecule has 108 valence electrons. The first-order chi connectivity index (χ1) is 10.1. The molecule has 1 aliphatic heterocycles. The van der Waals surface area contributed by atoms with Crippen LogP contribution in [0.25, 0.3) is 0 Å². The van der Waals surface area contributed by atoms with E-state index in [1.807, 2.05) is 24.3 Å². The summed E-state index contributed by atoms with van der Waals surface area (Å²) < 4.78 is 18.0. The Labute approximate surface area is 125 Å². The summed E-state index contributed by atoms with van der Waals surface area (Å²) in [7, 11) is 0. The van der Waals surface area contributed by atoms with Gasteiger partial charge in [-0.3, -0.25) is 0 Å². The number of carbonyl (C=O) groups is 1. The van der Waals surface area contributed by atoms with Crippen molar-refractivity contribution in [1.82, 2.24) is 0 Å². The van der Waals surface area contributed by atoms with Gasteiger partial charge in [-0.25, -0.2) is 4.79 Å². The maximum Gasteiger partial charge on any atom is 0.335 e. The van der Waals surface area contributed by atoms with Crippen molar-refractivity contribution in [2.45, 2.75) is 11.9 Å². The Morgan fingerprint density at radius 3 is 2.76 bits per heavy atom.